The van der Waals surface area contributed by atoms with E-state index in [0.717, 1.165) is 51.3 Å². The standard InChI is InChI=1S/C23H21FN8O2.C23H20FN7O2.C23H23FN4O2S/c1-25-21(15-5-3-2-4-6-15)30-9-11-31(12-10-30)23(34)20(33)16-13-26-19-18(16)17(24)14-27-22(19)32-8-7-28-29-32;1-15(16-5-3-2-4-6-16)29-9-11-30(12-10-29)23(33)21(32)17-13-25-20-19(17)18(24)14-26-22(20)31-8-7-27-28-31;1-26(2)16-8-6-15(7-9-16)23(31)28-12-10-27(11-13-28)22(30)21(29)17-14-25-19-5-3-4-18(24)20(17)19/h2-8,13-14,26H,9-12H2,1H3;2-8,13-14,25H,1,9-12H2;3-9,14,25H,10-13H2,1-2H3. The number of amides is 3. The van der Waals surface area contributed by atoms with Gasteiger partial charge in [0.1, 0.15) is 16.6 Å². The zero-order valence-corrected chi connectivity index (χ0v) is 54.2. The van der Waals surface area contributed by atoms with Crippen LogP contribution >= 0.6 is 12.2 Å². The van der Waals surface area contributed by atoms with Crippen LogP contribution in [0.1, 0.15) is 47.8 Å². The van der Waals surface area contributed by atoms with E-state index in [1.807, 2.05) is 109 Å². The van der Waals surface area contributed by atoms with Crippen LogP contribution in [-0.2, 0) is 14.4 Å². The Morgan fingerprint density at radius 2 is 0.918 bits per heavy atom. The molecule has 3 N–H and O–H groups in total. The summed E-state index contributed by atoms with van der Waals surface area (Å²) in [5.41, 5.74) is 5.94. The number of amidine groups is 1. The zero-order chi connectivity index (χ0) is 68.7. The molecule has 0 unspecified atom stereocenters. The number of carbonyl (C=O) groups excluding carboxylic acids is 6. The number of nitrogens with zero attached hydrogens (tertiary/aromatic N) is 16. The first kappa shape index (κ1) is 66.0. The van der Waals surface area contributed by atoms with Crippen molar-refractivity contribution in [3.63, 3.8) is 0 Å². The van der Waals surface area contributed by atoms with Crippen molar-refractivity contribution < 1.29 is 41.9 Å². The average Bonchev–Trinajstić information content (AvgIpc) is 1.61. The van der Waals surface area contributed by atoms with Gasteiger partial charge in [-0.2, -0.15) is 0 Å². The van der Waals surface area contributed by atoms with E-state index < -0.39 is 52.5 Å². The number of fused-ring (bicyclic) bond motifs is 3. The lowest BCUT2D eigenvalue weighted by atomic mass is 10.1. The smallest absolute Gasteiger partial charge is 0.295 e. The first-order valence-electron chi connectivity index (χ1n) is 31.1. The molecule has 3 fully saturated rings. The van der Waals surface area contributed by atoms with Gasteiger partial charge in [0.25, 0.3) is 35.1 Å². The van der Waals surface area contributed by atoms with E-state index in [-0.39, 0.29) is 55.5 Å². The minimum Gasteiger partial charge on any atom is -0.378 e. The lowest BCUT2D eigenvalue weighted by molar-refractivity contribution is -0.128. The molecule has 3 amide bonds. The molecule has 3 aliphatic heterocycles. The number of hydrogen-bond donors (Lipinski definition) is 3. The third-order valence-corrected chi connectivity index (χ3v) is 17.7. The van der Waals surface area contributed by atoms with E-state index in [4.69, 9.17) is 12.2 Å². The molecule has 29 heteroatoms. The van der Waals surface area contributed by atoms with E-state index in [1.54, 1.807) is 31.6 Å². The van der Waals surface area contributed by atoms with Crippen molar-refractivity contribution in [1.82, 2.24) is 84.3 Å². The molecular formula is C69H64F3N19O6S. The summed E-state index contributed by atoms with van der Waals surface area (Å²) in [6, 6.07) is 32.1. The Morgan fingerprint density at radius 1 is 0.490 bits per heavy atom. The summed E-state index contributed by atoms with van der Waals surface area (Å²) < 4.78 is 46.2. The molecule has 0 spiro atoms. The summed E-state index contributed by atoms with van der Waals surface area (Å²) in [5.74, 6) is -4.73. The number of piperazine rings is 3. The minimum absolute atomic E-state index is 0.00182. The molecule has 498 valence electrons. The van der Waals surface area contributed by atoms with E-state index in [1.165, 1.54) is 61.1 Å². The van der Waals surface area contributed by atoms with Crippen molar-refractivity contribution in [1.29, 1.82) is 0 Å². The van der Waals surface area contributed by atoms with Crippen LogP contribution in [0.25, 0.3) is 50.0 Å². The molecule has 3 aliphatic rings. The monoisotopic (exact) mass is 1340 g/mol. The highest BCUT2D eigenvalue weighted by Gasteiger charge is 2.34. The van der Waals surface area contributed by atoms with E-state index in [2.05, 4.69) is 66.9 Å². The highest BCUT2D eigenvalue weighted by molar-refractivity contribution is 7.80. The third kappa shape index (κ3) is 13.5. The van der Waals surface area contributed by atoms with E-state index >= 15 is 0 Å². The number of Topliss-reactive ketones (excluding diaryl/α,β-unsaturated/α-hetero) is 3. The van der Waals surface area contributed by atoms with E-state index in [0.29, 0.717) is 84.1 Å². The van der Waals surface area contributed by atoms with E-state index in [9.17, 15) is 41.9 Å². The lowest BCUT2D eigenvalue weighted by Crippen LogP contribution is -2.52. The Morgan fingerprint density at radius 3 is 1.37 bits per heavy atom. The SMILES string of the molecule is C=C(c1ccccc1)N1CCN(C(=O)C(=O)c2c[nH]c3c(-n4ccnn4)ncc(F)c23)CC1.CN(C)c1ccc(C(=S)N2CCN(C(=O)C(=O)c3c[nH]c4cccc(F)c34)CC2)cc1.CN=C(c1ccccc1)N1CCN(C(=O)C(=O)c2c[nH]c3c(-n4ccnn4)ncc(F)c23)CC1. The fourth-order valence-corrected chi connectivity index (χ4v) is 12.3. The molecular weight excluding hydrogens is 1280 g/mol. The second-order valence-electron chi connectivity index (χ2n) is 23.1. The second-order valence-corrected chi connectivity index (χ2v) is 23.5. The van der Waals surface area contributed by atoms with Crippen LogP contribution in [0.3, 0.4) is 0 Å². The van der Waals surface area contributed by atoms with Gasteiger partial charge in [0.2, 0.25) is 0 Å². The van der Waals surface area contributed by atoms with Gasteiger partial charge in [-0.3, -0.25) is 33.8 Å². The van der Waals surface area contributed by atoms with Crippen molar-refractivity contribution in [3.05, 3.63) is 216 Å². The molecule has 11 aromatic rings. The van der Waals surface area contributed by atoms with Gasteiger partial charge in [0.15, 0.2) is 23.3 Å². The topological polar surface area (TPSA) is 272 Å². The van der Waals surface area contributed by atoms with Crippen LogP contribution in [0, 0.1) is 17.5 Å². The molecule has 98 heavy (non-hydrogen) atoms. The van der Waals surface area contributed by atoms with Gasteiger partial charge in [-0.05, 0) is 42.0 Å². The predicted octanol–water partition coefficient (Wildman–Crippen LogP) is 7.04. The molecule has 10 heterocycles. The lowest BCUT2D eigenvalue weighted by Gasteiger charge is -2.36. The van der Waals surface area contributed by atoms with Crippen molar-refractivity contribution in [2.24, 2.45) is 4.99 Å². The number of aliphatic imine (C=N–C) groups is 1. The molecule has 25 nitrogen and oxygen atoms in total. The quantitative estimate of drug-likeness (QED) is 0.0343. The van der Waals surface area contributed by atoms with Crippen molar-refractivity contribution in [2.45, 2.75) is 0 Å². The molecule has 14 rings (SSSR count). The molecule has 0 bridgehead atoms. The number of ketones is 3. The van der Waals surface area contributed by atoms with Gasteiger partial charge in [0.05, 0.1) is 75.7 Å². The number of thiocarbonyl (C=S) groups is 1. The molecule has 0 radical (unpaired) electrons. The second kappa shape index (κ2) is 28.9. The normalized spacial score (nSPS) is 14.2. The summed E-state index contributed by atoms with van der Waals surface area (Å²) in [5, 5.41) is 15.3. The van der Waals surface area contributed by atoms with Crippen molar-refractivity contribution in [2.75, 3.05) is 105 Å². The Labute approximate surface area is 563 Å². The van der Waals surface area contributed by atoms with Crippen LogP contribution in [0.2, 0.25) is 0 Å². The van der Waals surface area contributed by atoms with Crippen LogP contribution in [0.15, 0.2) is 170 Å². The number of H-pyrrole nitrogens is 3. The number of hydrogen-bond acceptors (Lipinski definition) is 16. The summed E-state index contributed by atoms with van der Waals surface area (Å²) in [6.07, 6.45) is 12.1. The molecule has 0 atom stereocenters. The Kier molecular flexibility index (Phi) is 19.5. The highest BCUT2D eigenvalue weighted by Crippen LogP contribution is 2.30. The number of benzene rings is 4. The average molecular weight is 1340 g/mol. The molecule has 7 aromatic heterocycles. The van der Waals surface area contributed by atoms with Crippen LogP contribution < -0.4 is 4.90 Å². The molecule has 0 aliphatic carbocycles. The molecule has 3 saturated heterocycles. The summed E-state index contributed by atoms with van der Waals surface area (Å²) in [6.45, 7) is 9.60. The fourth-order valence-electron chi connectivity index (χ4n) is 12.0. The summed E-state index contributed by atoms with van der Waals surface area (Å²) in [4.78, 5) is 112. The van der Waals surface area contributed by atoms with Gasteiger partial charge in [-0.25, -0.2) is 32.5 Å². The number of nitrogens with one attached hydrogen (secondary N) is 3. The van der Waals surface area contributed by atoms with Crippen LogP contribution in [-0.4, -0.2) is 230 Å². The van der Waals surface area contributed by atoms with Crippen LogP contribution in [0.5, 0.6) is 0 Å². The maximum absolute atomic E-state index is 14.7. The van der Waals surface area contributed by atoms with Crippen molar-refractivity contribution >= 4 is 102 Å². The number of aromatic nitrogens is 11. The number of anilines is 1. The number of carbonyl (C=O) groups is 6. The third-order valence-electron chi connectivity index (χ3n) is 17.2. The van der Waals surface area contributed by atoms with Crippen LogP contribution in [0.4, 0.5) is 18.9 Å². The van der Waals surface area contributed by atoms with Crippen molar-refractivity contribution in [3.8, 4) is 11.6 Å². The largest absolute Gasteiger partial charge is 0.378 e. The zero-order valence-electron chi connectivity index (χ0n) is 53.4. The maximum atomic E-state index is 14.7. The first-order valence-corrected chi connectivity index (χ1v) is 31.5. The first-order chi connectivity index (χ1) is 47.5. The summed E-state index contributed by atoms with van der Waals surface area (Å²) >= 11 is 5.63. The maximum Gasteiger partial charge on any atom is 0.295 e. The highest BCUT2D eigenvalue weighted by atomic mass is 32.1. The van der Waals surface area contributed by atoms with Gasteiger partial charge in [-0.15, -0.1) is 10.2 Å². The number of aromatic amines is 3. The molecule has 4 aromatic carbocycles. The number of pyridine rings is 2. The molecule has 0 saturated carbocycles. The Hall–Kier alpha value is -12.0. The number of halogens is 3. The minimum atomic E-state index is -0.776. The van der Waals surface area contributed by atoms with Gasteiger partial charge >= 0.3 is 0 Å². The summed E-state index contributed by atoms with van der Waals surface area (Å²) in [7, 11) is 5.70. The van der Waals surface area contributed by atoms with Gasteiger partial charge in [-0.1, -0.05) is 96.0 Å². The Bertz CT molecular complexity index is 4820. The number of rotatable bonds is 13. The Balaban J connectivity index is 0.000000140. The predicted molar refractivity (Wildman–Crippen MR) is 364 cm³/mol. The van der Waals surface area contributed by atoms with Gasteiger partial charge < -0.3 is 49.3 Å². The van der Waals surface area contributed by atoms with Gasteiger partial charge in [0, 0.05) is 152 Å². The fraction of sp³-hybridized carbons (Fsp3) is 0.217.